The van der Waals surface area contributed by atoms with E-state index in [9.17, 15) is 0 Å². The van der Waals surface area contributed by atoms with E-state index in [1.54, 1.807) is 6.07 Å². The molecule has 0 aliphatic rings. The first kappa shape index (κ1) is 14.3. The van der Waals surface area contributed by atoms with Gasteiger partial charge in [-0.2, -0.15) is 0 Å². The summed E-state index contributed by atoms with van der Waals surface area (Å²) in [4.78, 5) is 8.81. The molecule has 0 aliphatic carbocycles. The minimum Gasteiger partial charge on any atom is -0.309 e. The van der Waals surface area contributed by atoms with Crippen LogP contribution >= 0.6 is 23.4 Å². The third-order valence-corrected chi connectivity index (χ3v) is 3.74. The molecule has 0 spiro atoms. The van der Waals surface area contributed by atoms with E-state index in [-0.39, 0.29) is 5.41 Å². The molecule has 0 radical (unpaired) electrons. The summed E-state index contributed by atoms with van der Waals surface area (Å²) >= 11 is 7.49. The minimum atomic E-state index is -0.143. The van der Waals surface area contributed by atoms with Crippen molar-refractivity contribution in [3.05, 3.63) is 22.9 Å². The smallest absolute Gasteiger partial charge is 0.197 e. The van der Waals surface area contributed by atoms with Crippen LogP contribution < -0.4 is 0 Å². The van der Waals surface area contributed by atoms with Crippen LogP contribution in [0.4, 0.5) is 0 Å². The van der Waals surface area contributed by atoms with Gasteiger partial charge in [0.05, 0.1) is 0 Å². The zero-order chi connectivity index (χ0) is 14.2. The molecule has 0 saturated carbocycles. The largest absolute Gasteiger partial charge is 0.309 e. The highest BCUT2D eigenvalue weighted by Gasteiger charge is 2.19. The first-order valence-electron chi connectivity index (χ1n) is 5.86. The molecule has 2 aromatic heterocycles. The molecule has 19 heavy (non-hydrogen) atoms. The van der Waals surface area contributed by atoms with Crippen LogP contribution in [0.2, 0.25) is 5.15 Å². The molecular formula is C12H16ClN5S. The second-order valence-corrected chi connectivity index (χ2v) is 6.67. The molecule has 0 amide bonds. The van der Waals surface area contributed by atoms with Gasteiger partial charge in [-0.3, -0.25) is 0 Å². The maximum absolute atomic E-state index is 6.06. The lowest BCUT2D eigenvalue weighted by atomic mass is 9.96. The van der Waals surface area contributed by atoms with Gasteiger partial charge in [0.1, 0.15) is 21.8 Å². The Morgan fingerprint density at radius 1 is 1.21 bits per heavy atom. The second-order valence-electron chi connectivity index (χ2n) is 5.29. The van der Waals surface area contributed by atoms with Crippen molar-refractivity contribution in [1.29, 1.82) is 0 Å². The molecule has 0 bridgehead atoms. The summed E-state index contributed by atoms with van der Waals surface area (Å²) in [5.74, 6) is 1.58. The summed E-state index contributed by atoms with van der Waals surface area (Å²) in [6, 6.07) is 1.74. The molecule has 2 heterocycles. The first-order chi connectivity index (χ1) is 8.77. The van der Waals surface area contributed by atoms with Crippen molar-refractivity contribution in [2.75, 3.05) is 0 Å². The molecular weight excluding hydrogens is 282 g/mol. The fraction of sp³-hybridized carbons (Fsp3) is 0.500. The molecule has 0 saturated heterocycles. The molecule has 0 unspecified atom stereocenters. The van der Waals surface area contributed by atoms with E-state index in [0.717, 1.165) is 21.8 Å². The van der Waals surface area contributed by atoms with Crippen molar-refractivity contribution in [2.45, 2.75) is 43.3 Å². The Morgan fingerprint density at radius 2 is 1.89 bits per heavy atom. The summed E-state index contributed by atoms with van der Waals surface area (Å²) in [7, 11) is 1.92. The minimum absolute atomic E-state index is 0.143. The van der Waals surface area contributed by atoms with Gasteiger partial charge in [0.15, 0.2) is 5.16 Å². The van der Waals surface area contributed by atoms with E-state index in [1.165, 1.54) is 11.8 Å². The van der Waals surface area contributed by atoms with E-state index < -0.39 is 0 Å². The summed E-state index contributed by atoms with van der Waals surface area (Å²) < 4.78 is 1.91. The van der Waals surface area contributed by atoms with Crippen LogP contribution in [-0.2, 0) is 12.5 Å². The van der Waals surface area contributed by atoms with Crippen LogP contribution in [0.25, 0.3) is 0 Å². The van der Waals surface area contributed by atoms with Crippen molar-refractivity contribution in [2.24, 2.45) is 7.05 Å². The van der Waals surface area contributed by atoms with Crippen molar-refractivity contribution in [3.63, 3.8) is 0 Å². The monoisotopic (exact) mass is 297 g/mol. The second kappa shape index (κ2) is 5.09. The molecule has 0 aliphatic heterocycles. The quantitative estimate of drug-likeness (QED) is 0.798. The SMILES string of the molecule is Cc1nnc(Sc2cc(Cl)nc(C(C)(C)C)n2)n1C. The topological polar surface area (TPSA) is 56.5 Å². The van der Waals surface area contributed by atoms with E-state index in [0.29, 0.717) is 5.15 Å². The predicted molar refractivity (Wildman–Crippen MR) is 75.6 cm³/mol. The van der Waals surface area contributed by atoms with Crippen LogP contribution in [0.5, 0.6) is 0 Å². The molecule has 0 aromatic carbocycles. The molecule has 2 aromatic rings. The number of rotatable bonds is 2. The Bertz CT molecular complexity index is 603. The third-order valence-electron chi connectivity index (χ3n) is 2.59. The summed E-state index contributed by atoms with van der Waals surface area (Å²) in [6.07, 6.45) is 0. The van der Waals surface area contributed by atoms with Crippen molar-refractivity contribution < 1.29 is 0 Å². The summed E-state index contributed by atoms with van der Waals surface area (Å²) in [6.45, 7) is 8.07. The number of nitrogens with zero attached hydrogens (tertiary/aromatic N) is 5. The fourth-order valence-electron chi connectivity index (χ4n) is 1.35. The van der Waals surface area contributed by atoms with Crippen LogP contribution in [0.3, 0.4) is 0 Å². The van der Waals surface area contributed by atoms with E-state index >= 15 is 0 Å². The van der Waals surface area contributed by atoms with Gasteiger partial charge in [0.25, 0.3) is 0 Å². The van der Waals surface area contributed by atoms with Gasteiger partial charge >= 0.3 is 0 Å². The Labute approximate surface area is 121 Å². The molecule has 2 rings (SSSR count). The Morgan fingerprint density at radius 3 is 2.42 bits per heavy atom. The van der Waals surface area contributed by atoms with E-state index in [1.807, 2.05) is 18.5 Å². The average Bonchev–Trinajstić information content (AvgIpc) is 2.59. The Kier molecular flexibility index (Phi) is 3.82. The summed E-state index contributed by atoms with van der Waals surface area (Å²) in [5, 5.41) is 10.1. The zero-order valence-corrected chi connectivity index (χ0v) is 13.2. The highest BCUT2D eigenvalue weighted by Crippen LogP contribution is 2.28. The number of halogens is 1. The number of hydrogen-bond acceptors (Lipinski definition) is 5. The molecule has 5 nitrogen and oxygen atoms in total. The normalized spacial score (nSPS) is 11.9. The molecule has 7 heteroatoms. The van der Waals surface area contributed by atoms with Gasteiger partial charge < -0.3 is 4.57 Å². The average molecular weight is 298 g/mol. The molecule has 0 atom stereocenters. The van der Waals surface area contributed by atoms with Crippen molar-refractivity contribution in [1.82, 2.24) is 24.7 Å². The van der Waals surface area contributed by atoms with Gasteiger partial charge in [-0.1, -0.05) is 32.4 Å². The van der Waals surface area contributed by atoms with Crippen LogP contribution in [0, 0.1) is 6.92 Å². The first-order valence-corrected chi connectivity index (χ1v) is 7.06. The lowest BCUT2D eigenvalue weighted by Crippen LogP contribution is -2.16. The maximum atomic E-state index is 6.06. The van der Waals surface area contributed by atoms with Crippen molar-refractivity contribution in [3.8, 4) is 0 Å². The van der Waals surface area contributed by atoms with Crippen LogP contribution in [0.15, 0.2) is 16.2 Å². The van der Waals surface area contributed by atoms with Gasteiger partial charge in [0, 0.05) is 18.5 Å². The highest BCUT2D eigenvalue weighted by molar-refractivity contribution is 7.99. The lowest BCUT2D eigenvalue weighted by Gasteiger charge is -2.17. The van der Waals surface area contributed by atoms with Gasteiger partial charge in [-0.05, 0) is 18.7 Å². The predicted octanol–water partition coefficient (Wildman–Crippen LogP) is 3.02. The fourth-order valence-corrected chi connectivity index (χ4v) is 2.44. The van der Waals surface area contributed by atoms with E-state index in [2.05, 4.69) is 40.9 Å². The van der Waals surface area contributed by atoms with Gasteiger partial charge in [0.2, 0.25) is 0 Å². The van der Waals surface area contributed by atoms with Gasteiger partial charge in [-0.15, -0.1) is 10.2 Å². The zero-order valence-electron chi connectivity index (χ0n) is 11.6. The number of aryl methyl sites for hydroxylation is 1. The van der Waals surface area contributed by atoms with Crippen LogP contribution in [0.1, 0.15) is 32.4 Å². The maximum Gasteiger partial charge on any atom is 0.197 e. The van der Waals surface area contributed by atoms with Gasteiger partial charge in [-0.25, -0.2) is 9.97 Å². The van der Waals surface area contributed by atoms with Crippen LogP contribution in [-0.4, -0.2) is 24.7 Å². The van der Waals surface area contributed by atoms with E-state index in [4.69, 9.17) is 11.6 Å². The number of aromatic nitrogens is 5. The Hall–Kier alpha value is -1.14. The van der Waals surface area contributed by atoms with Crippen molar-refractivity contribution >= 4 is 23.4 Å². The molecule has 0 N–H and O–H groups in total. The number of hydrogen-bond donors (Lipinski definition) is 0. The third kappa shape index (κ3) is 3.25. The highest BCUT2D eigenvalue weighted by atomic mass is 35.5. The standard InChI is InChI=1S/C12H16ClN5S/c1-7-16-17-11(18(7)5)19-9-6-8(13)14-10(15-9)12(2,3)4/h6H,1-5H3. The summed E-state index contributed by atoms with van der Waals surface area (Å²) in [5.41, 5.74) is -0.143. The molecule has 102 valence electrons. The molecule has 0 fully saturated rings. The lowest BCUT2D eigenvalue weighted by molar-refractivity contribution is 0.538. The Balaban J connectivity index is 2.36.